The number of fused-ring (bicyclic) bond motifs is 1. The molecule has 5 nitrogen and oxygen atoms in total. The van der Waals surface area contributed by atoms with E-state index in [9.17, 15) is 14.4 Å². The van der Waals surface area contributed by atoms with Gasteiger partial charge in [0.2, 0.25) is 5.78 Å². The molecule has 0 radical (unpaired) electrons. The largest absolute Gasteiger partial charge is 0.418 e. The molecule has 0 bridgehead atoms. The molecule has 2 N–H and O–H groups in total. The molecule has 0 fully saturated rings. The number of anilines is 1. The van der Waals surface area contributed by atoms with Crippen molar-refractivity contribution in [3.63, 3.8) is 0 Å². The molecule has 0 saturated heterocycles. The fraction of sp³-hybridized carbons (Fsp3) is 0.0556. The molecule has 5 heteroatoms. The van der Waals surface area contributed by atoms with Crippen LogP contribution < -0.4 is 5.73 Å². The Kier molecular flexibility index (Phi) is 3.54. The third-order valence-electron chi connectivity index (χ3n) is 3.64. The van der Waals surface area contributed by atoms with Crippen LogP contribution in [0.25, 0.3) is 0 Å². The first kappa shape index (κ1) is 14.7. The van der Waals surface area contributed by atoms with E-state index in [1.54, 1.807) is 36.4 Å². The van der Waals surface area contributed by atoms with Crippen molar-refractivity contribution in [1.29, 1.82) is 0 Å². The maximum atomic E-state index is 12.5. The normalized spacial score (nSPS) is 13.8. The van der Waals surface area contributed by atoms with Gasteiger partial charge in [-0.25, -0.2) is 4.79 Å². The fourth-order valence-corrected chi connectivity index (χ4v) is 2.37. The van der Waals surface area contributed by atoms with Gasteiger partial charge in [-0.1, -0.05) is 24.3 Å². The number of Topliss-reactive ketones (excluding diaryl/α,β-unsaturated/α-hetero) is 2. The quantitative estimate of drug-likeness (QED) is 0.681. The highest BCUT2D eigenvalue weighted by molar-refractivity contribution is 6.26. The Bertz CT molecular complexity index is 863. The number of nitrogens with two attached hydrogens (primary N) is 1. The van der Waals surface area contributed by atoms with Gasteiger partial charge in [0.25, 0.3) is 0 Å². The van der Waals surface area contributed by atoms with E-state index < -0.39 is 11.8 Å². The lowest BCUT2D eigenvalue weighted by Crippen LogP contribution is -2.24. The highest BCUT2D eigenvalue weighted by Crippen LogP contribution is 2.27. The Morgan fingerprint density at radius 3 is 2.09 bits per heavy atom. The van der Waals surface area contributed by atoms with E-state index in [4.69, 9.17) is 10.5 Å². The minimum Gasteiger partial charge on any atom is -0.418 e. The third kappa shape index (κ3) is 2.53. The number of carbonyl (C=O) groups is 3. The maximum absolute atomic E-state index is 12.5. The molecular formula is C18H13NO4. The zero-order chi connectivity index (χ0) is 16.6. The molecule has 0 spiro atoms. The molecule has 0 unspecified atom stereocenters. The first-order valence-corrected chi connectivity index (χ1v) is 6.96. The zero-order valence-electron chi connectivity index (χ0n) is 12.3. The average Bonchev–Trinajstić information content (AvgIpc) is 2.57. The number of esters is 1. The van der Waals surface area contributed by atoms with Gasteiger partial charge in [0, 0.05) is 22.4 Å². The molecule has 0 heterocycles. The van der Waals surface area contributed by atoms with Gasteiger partial charge in [-0.2, -0.15) is 0 Å². The summed E-state index contributed by atoms with van der Waals surface area (Å²) in [7, 11) is 0. The van der Waals surface area contributed by atoms with Crippen molar-refractivity contribution in [1.82, 2.24) is 0 Å². The van der Waals surface area contributed by atoms with Crippen molar-refractivity contribution in [2.24, 2.45) is 0 Å². The Morgan fingerprint density at radius 2 is 1.48 bits per heavy atom. The minimum absolute atomic E-state index is 0.123. The van der Waals surface area contributed by atoms with Crippen LogP contribution in [0.5, 0.6) is 0 Å². The van der Waals surface area contributed by atoms with E-state index in [0.717, 1.165) is 0 Å². The Morgan fingerprint density at radius 1 is 0.913 bits per heavy atom. The number of carbonyl (C=O) groups excluding carboxylic acids is 3. The van der Waals surface area contributed by atoms with Crippen molar-refractivity contribution in [2.75, 3.05) is 5.73 Å². The van der Waals surface area contributed by atoms with E-state index >= 15 is 0 Å². The molecular weight excluding hydrogens is 294 g/mol. The number of ether oxygens (including phenoxy) is 1. The summed E-state index contributed by atoms with van der Waals surface area (Å²) in [5, 5.41) is 0. The lowest BCUT2D eigenvalue weighted by molar-refractivity contribution is 0.0580. The van der Waals surface area contributed by atoms with Crippen molar-refractivity contribution in [3.8, 4) is 0 Å². The van der Waals surface area contributed by atoms with Crippen molar-refractivity contribution < 1.29 is 19.1 Å². The average molecular weight is 307 g/mol. The second-order valence-electron chi connectivity index (χ2n) is 5.17. The highest BCUT2D eigenvalue weighted by atomic mass is 16.5. The van der Waals surface area contributed by atoms with E-state index in [-0.39, 0.29) is 28.2 Å². The maximum Gasteiger partial charge on any atom is 0.343 e. The van der Waals surface area contributed by atoms with Crippen LogP contribution in [-0.4, -0.2) is 17.5 Å². The summed E-state index contributed by atoms with van der Waals surface area (Å²) in [6.45, 7) is 1.47. The van der Waals surface area contributed by atoms with Crippen LogP contribution >= 0.6 is 0 Å². The van der Waals surface area contributed by atoms with Crippen LogP contribution in [0.15, 0.2) is 59.9 Å². The van der Waals surface area contributed by atoms with Crippen LogP contribution in [-0.2, 0) is 4.74 Å². The number of nitrogen functional groups attached to an aromatic ring is 1. The third-order valence-corrected chi connectivity index (χ3v) is 3.64. The van der Waals surface area contributed by atoms with Gasteiger partial charge in [0.1, 0.15) is 0 Å². The smallest absolute Gasteiger partial charge is 0.343 e. The molecule has 0 amide bonds. The molecule has 3 rings (SSSR count). The van der Waals surface area contributed by atoms with Crippen LogP contribution in [0.4, 0.5) is 5.69 Å². The fourth-order valence-electron chi connectivity index (χ4n) is 2.37. The highest BCUT2D eigenvalue weighted by Gasteiger charge is 2.32. The second-order valence-corrected chi connectivity index (χ2v) is 5.17. The molecule has 114 valence electrons. The van der Waals surface area contributed by atoms with Crippen LogP contribution in [0.3, 0.4) is 0 Å². The van der Waals surface area contributed by atoms with E-state index in [2.05, 4.69) is 0 Å². The topological polar surface area (TPSA) is 86.5 Å². The predicted molar refractivity (Wildman–Crippen MR) is 84.1 cm³/mol. The van der Waals surface area contributed by atoms with Gasteiger partial charge in [-0.3, -0.25) is 9.59 Å². The van der Waals surface area contributed by atoms with E-state index in [1.165, 1.54) is 19.1 Å². The number of hydrogen-bond donors (Lipinski definition) is 1. The second kappa shape index (κ2) is 5.53. The van der Waals surface area contributed by atoms with Gasteiger partial charge < -0.3 is 10.5 Å². The summed E-state index contributed by atoms with van der Waals surface area (Å²) in [5.74, 6) is -1.72. The first-order chi connectivity index (χ1) is 11.0. The standard InChI is InChI=1S/C18H13NO4/c1-10-15(20)13-4-2-3-5-14(13)16(21)17(10)23-18(22)11-6-8-12(19)9-7-11/h2-9H,19H2,1H3. The Balaban J connectivity index is 1.95. The molecule has 23 heavy (non-hydrogen) atoms. The molecule has 2 aromatic rings. The molecule has 0 aliphatic heterocycles. The van der Waals surface area contributed by atoms with Crippen LogP contribution in [0.2, 0.25) is 0 Å². The number of rotatable bonds is 2. The van der Waals surface area contributed by atoms with Crippen molar-refractivity contribution in [3.05, 3.63) is 76.6 Å². The number of benzene rings is 2. The van der Waals surface area contributed by atoms with Gasteiger partial charge >= 0.3 is 5.97 Å². The zero-order valence-corrected chi connectivity index (χ0v) is 12.3. The summed E-state index contributed by atoms with van der Waals surface area (Å²) < 4.78 is 5.20. The monoisotopic (exact) mass is 307 g/mol. The molecule has 0 atom stereocenters. The Labute approximate surface area is 132 Å². The summed E-state index contributed by atoms with van der Waals surface area (Å²) in [4.78, 5) is 37.0. The van der Waals surface area contributed by atoms with Gasteiger partial charge in [-0.05, 0) is 31.2 Å². The van der Waals surface area contributed by atoms with Crippen LogP contribution in [0.1, 0.15) is 38.0 Å². The van der Waals surface area contributed by atoms with E-state index in [1.807, 2.05) is 0 Å². The van der Waals surface area contributed by atoms with Crippen LogP contribution in [0, 0.1) is 0 Å². The molecule has 0 aromatic heterocycles. The number of hydrogen-bond acceptors (Lipinski definition) is 5. The van der Waals surface area contributed by atoms with Gasteiger partial charge in [0.15, 0.2) is 11.5 Å². The molecule has 1 aliphatic rings. The van der Waals surface area contributed by atoms with Crippen molar-refractivity contribution >= 4 is 23.2 Å². The SMILES string of the molecule is CC1=C(OC(=O)c2ccc(N)cc2)C(=O)c2ccccc2C1=O. The summed E-state index contributed by atoms with van der Waals surface area (Å²) in [5.41, 5.74) is 7.01. The van der Waals surface area contributed by atoms with E-state index in [0.29, 0.717) is 11.3 Å². The summed E-state index contributed by atoms with van der Waals surface area (Å²) in [6, 6.07) is 12.6. The molecule has 1 aliphatic carbocycles. The predicted octanol–water partition coefficient (Wildman–Crippen LogP) is 2.78. The Hall–Kier alpha value is -3.21. The molecule has 0 saturated carbocycles. The van der Waals surface area contributed by atoms with Gasteiger partial charge in [-0.15, -0.1) is 0 Å². The number of allylic oxidation sites excluding steroid dienone is 2. The first-order valence-electron chi connectivity index (χ1n) is 6.96. The summed E-state index contributed by atoms with van der Waals surface area (Å²) >= 11 is 0. The minimum atomic E-state index is -0.708. The molecule has 2 aromatic carbocycles. The van der Waals surface area contributed by atoms with Crippen molar-refractivity contribution in [2.45, 2.75) is 6.92 Å². The summed E-state index contributed by atoms with van der Waals surface area (Å²) in [6.07, 6.45) is 0. The lowest BCUT2D eigenvalue weighted by atomic mass is 9.89. The number of ketones is 2. The van der Waals surface area contributed by atoms with Gasteiger partial charge in [0.05, 0.1) is 5.56 Å². The lowest BCUT2D eigenvalue weighted by Gasteiger charge is -2.18.